The van der Waals surface area contributed by atoms with Crippen molar-refractivity contribution in [1.82, 2.24) is 4.98 Å². The molecule has 1 aromatic heterocycles. The van der Waals surface area contributed by atoms with Crippen molar-refractivity contribution in [2.24, 2.45) is 0 Å². The van der Waals surface area contributed by atoms with Crippen molar-refractivity contribution < 1.29 is 4.43 Å². The summed E-state index contributed by atoms with van der Waals surface area (Å²) in [6.07, 6.45) is 8.12. The standard InChI is InChI=1S/C23H28N2OSSi/c1-23(2,3)28(4,5)26-19-14-15-20-21(16-19)27-22(25-20)9-7-6-8-17-10-12-18(24)13-11-17/h6-16H,24H2,1-5H3/b8-6+,9-7+. The normalized spacial score (nSPS) is 13.0. The Morgan fingerprint density at radius 1 is 1.00 bits per heavy atom. The molecule has 0 fully saturated rings. The van der Waals surface area contributed by atoms with E-state index < -0.39 is 8.32 Å². The first kappa shape index (κ1) is 20.4. The fourth-order valence-electron chi connectivity index (χ4n) is 2.42. The second-order valence-corrected chi connectivity index (χ2v) is 14.2. The number of fused-ring (bicyclic) bond motifs is 1. The topological polar surface area (TPSA) is 48.1 Å². The van der Waals surface area contributed by atoms with E-state index in [0.29, 0.717) is 0 Å². The molecule has 2 aromatic carbocycles. The van der Waals surface area contributed by atoms with Gasteiger partial charge in [0.05, 0.1) is 10.2 Å². The number of benzene rings is 2. The first-order valence-corrected chi connectivity index (χ1v) is 13.2. The van der Waals surface area contributed by atoms with E-state index >= 15 is 0 Å². The van der Waals surface area contributed by atoms with Crippen molar-refractivity contribution in [3.05, 3.63) is 65.2 Å². The Kier molecular flexibility index (Phi) is 5.77. The molecule has 1 heterocycles. The third-order valence-corrected chi connectivity index (χ3v) is 10.5. The van der Waals surface area contributed by atoms with Gasteiger partial charge in [-0.3, -0.25) is 0 Å². The summed E-state index contributed by atoms with van der Waals surface area (Å²) in [5.74, 6) is 0.946. The van der Waals surface area contributed by atoms with Crippen LogP contribution in [0.25, 0.3) is 22.4 Å². The van der Waals surface area contributed by atoms with Gasteiger partial charge in [-0.05, 0) is 60.1 Å². The van der Waals surface area contributed by atoms with Crippen LogP contribution in [-0.2, 0) is 0 Å². The van der Waals surface area contributed by atoms with E-state index in [-0.39, 0.29) is 5.04 Å². The number of anilines is 1. The van der Waals surface area contributed by atoms with Crippen molar-refractivity contribution in [2.75, 3.05) is 5.73 Å². The van der Waals surface area contributed by atoms with Crippen molar-refractivity contribution in [2.45, 2.75) is 38.9 Å². The number of nitrogens with two attached hydrogens (primary N) is 1. The molecule has 0 aliphatic rings. The van der Waals surface area contributed by atoms with E-state index in [2.05, 4.69) is 52.1 Å². The molecule has 0 amide bonds. The van der Waals surface area contributed by atoms with Crippen LogP contribution in [0.15, 0.2) is 54.6 Å². The maximum absolute atomic E-state index is 6.42. The van der Waals surface area contributed by atoms with Gasteiger partial charge in [0.1, 0.15) is 10.8 Å². The Morgan fingerprint density at radius 2 is 1.68 bits per heavy atom. The number of allylic oxidation sites excluding steroid dienone is 2. The molecule has 0 aliphatic carbocycles. The lowest BCUT2D eigenvalue weighted by Gasteiger charge is -2.36. The molecule has 0 saturated carbocycles. The lowest BCUT2D eigenvalue weighted by atomic mass is 10.2. The quantitative estimate of drug-likeness (QED) is 0.281. The van der Waals surface area contributed by atoms with Crippen LogP contribution in [0.5, 0.6) is 5.75 Å². The molecule has 28 heavy (non-hydrogen) atoms. The van der Waals surface area contributed by atoms with E-state index in [9.17, 15) is 0 Å². The van der Waals surface area contributed by atoms with Crippen LogP contribution in [0.3, 0.4) is 0 Å². The Balaban J connectivity index is 1.73. The Bertz CT molecular complexity index is 1010. The van der Waals surface area contributed by atoms with Gasteiger partial charge in [-0.2, -0.15) is 0 Å². The Hall–Kier alpha value is -2.37. The molecule has 0 unspecified atom stereocenters. The summed E-state index contributed by atoms with van der Waals surface area (Å²) in [5, 5.41) is 1.17. The second-order valence-electron chi connectivity index (χ2n) is 8.43. The minimum atomic E-state index is -1.83. The van der Waals surface area contributed by atoms with Gasteiger partial charge in [0.15, 0.2) is 0 Å². The summed E-state index contributed by atoms with van der Waals surface area (Å²) >= 11 is 1.68. The molecule has 3 rings (SSSR count). The summed E-state index contributed by atoms with van der Waals surface area (Å²) in [7, 11) is -1.83. The average Bonchev–Trinajstić information content (AvgIpc) is 3.01. The number of nitrogen functional groups attached to an aromatic ring is 1. The highest BCUT2D eigenvalue weighted by Gasteiger charge is 2.38. The predicted molar refractivity (Wildman–Crippen MR) is 126 cm³/mol. The van der Waals surface area contributed by atoms with Crippen molar-refractivity contribution in [3.8, 4) is 5.75 Å². The SMILES string of the molecule is CC(C)(C)[Si](C)(C)Oc1ccc2nc(/C=C/C=C/c3ccc(N)cc3)sc2c1. The first-order valence-electron chi connectivity index (χ1n) is 9.44. The lowest BCUT2D eigenvalue weighted by molar-refractivity contribution is 0.493. The van der Waals surface area contributed by atoms with Crippen LogP contribution in [0.4, 0.5) is 5.69 Å². The zero-order valence-corrected chi connectivity index (χ0v) is 19.0. The van der Waals surface area contributed by atoms with E-state index in [1.54, 1.807) is 11.3 Å². The highest BCUT2D eigenvalue weighted by Crippen LogP contribution is 2.38. The average molecular weight is 409 g/mol. The predicted octanol–water partition coefficient (Wildman–Crippen LogP) is 6.99. The third kappa shape index (κ3) is 4.91. The molecule has 0 bridgehead atoms. The zero-order chi connectivity index (χ0) is 20.4. The molecular weight excluding hydrogens is 380 g/mol. The summed E-state index contributed by atoms with van der Waals surface area (Å²) in [5.41, 5.74) is 8.61. The monoisotopic (exact) mass is 408 g/mol. The second kappa shape index (κ2) is 7.93. The summed E-state index contributed by atoms with van der Waals surface area (Å²) in [4.78, 5) is 4.69. The van der Waals surface area contributed by atoms with Crippen LogP contribution < -0.4 is 10.2 Å². The highest BCUT2D eigenvalue weighted by molar-refractivity contribution is 7.19. The van der Waals surface area contributed by atoms with Crippen LogP contribution in [0, 0.1) is 0 Å². The number of hydrogen-bond acceptors (Lipinski definition) is 4. The van der Waals surface area contributed by atoms with Crippen molar-refractivity contribution >= 4 is 47.7 Å². The molecular formula is C23H28N2OSSi. The largest absolute Gasteiger partial charge is 0.543 e. The third-order valence-electron chi connectivity index (χ3n) is 5.13. The van der Waals surface area contributed by atoms with Gasteiger partial charge in [-0.15, -0.1) is 11.3 Å². The van der Waals surface area contributed by atoms with Gasteiger partial charge >= 0.3 is 0 Å². The van der Waals surface area contributed by atoms with Crippen LogP contribution in [0.1, 0.15) is 31.3 Å². The van der Waals surface area contributed by atoms with Crippen LogP contribution >= 0.6 is 11.3 Å². The zero-order valence-electron chi connectivity index (χ0n) is 17.2. The van der Waals surface area contributed by atoms with E-state index in [4.69, 9.17) is 15.1 Å². The van der Waals surface area contributed by atoms with Gasteiger partial charge in [0, 0.05) is 5.69 Å². The molecule has 0 saturated heterocycles. The molecule has 146 valence electrons. The lowest BCUT2D eigenvalue weighted by Crippen LogP contribution is -2.43. The highest BCUT2D eigenvalue weighted by atomic mass is 32.1. The van der Waals surface area contributed by atoms with Crippen molar-refractivity contribution in [3.63, 3.8) is 0 Å². The molecule has 0 aliphatic heterocycles. The van der Waals surface area contributed by atoms with Gasteiger partial charge in [-0.1, -0.05) is 51.1 Å². The number of nitrogens with zero attached hydrogens (tertiary/aromatic N) is 1. The molecule has 0 atom stereocenters. The van der Waals surface area contributed by atoms with E-state index in [0.717, 1.165) is 32.2 Å². The minimum absolute atomic E-state index is 0.181. The van der Waals surface area contributed by atoms with Gasteiger partial charge in [0.25, 0.3) is 0 Å². The smallest absolute Gasteiger partial charge is 0.250 e. The van der Waals surface area contributed by atoms with Gasteiger partial charge < -0.3 is 10.2 Å². The van der Waals surface area contributed by atoms with Crippen molar-refractivity contribution in [1.29, 1.82) is 0 Å². The number of rotatable bonds is 5. The minimum Gasteiger partial charge on any atom is -0.543 e. The molecule has 3 aromatic rings. The molecule has 5 heteroatoms. The number of aromatic nitrogens is 1. The van der Waals surface area contributed by atoms with Crippen LogP contribution in [-0.4, -0.2) is 13.3 Å². The molecule has 0 radical (unpaired) electrons. The number of thiazole rings is 1. The first-order chi connectivity index (χ1) is 13.1. The maximum atomic E-state index is 6.42. The molecule has 2 N–H and O–H groups in total. The van der Waals surface area contributed by atoms with Crippen LogP contribution in [0.2, 0.25) is 18.1 Å². The Labute approximate surface area is 172 Å². The fraction of sp³-hybridized carbons (Fsp3) is 0.261. The van der Waals surface area contributed by atoms with Gasteiger partial charge in [0.2, 0.25) is 8.32 Å². The van der Waals surface area contributed by atoms with E-state index in [1.807, 2.05) is 48.6 Å². The molecule has 3 nitrogen and oxygen atoms in total. The maximum Gasteiger partial charge on any atom is 0.250 e. The summed E-state index contributed by atoms with van der Waals surface area (Å²) < 4.78 is 7.57. The van der Waals surface area contributed by atoms with Gasteiger partial charge in [-0.25, -0.2) is 4.98 Å². The summed E-state index contributed by atoms with van der Waals surface area (Å²) in [6.45, 7) is 11.3. The summed E-state index contributed by atoms with van der Waals surface area (Å²) in [6, 6.07) is 14.0. The number of hydrogen-bond donors (Lipinski definition) is 1. The fourth-order valence-corrected chi connectivity index (χ4v) is 4.35. The Morgan fingerprint density at radius 3 is 2.36 bits per heavy atom. The van der Waals surface area contributed by atoms with E-state index in [1.165, 1.54) is 0 Å². The molecule has 0 spiro atoms.